The Labute approximate surface area is 127 Å². The molecule has 1 aromatic heterocycles. The molecule has 0 bridgehead atoms. The lowest BCUT2D eigenvalue weighted by Crippen LogP contribution is -2.25. The van der Waals surface area contributed by atoms with E-state index in [1.165, 1.54) is 19.3 Å². The lowest BCUT2D eigenvalue weighted by Gasteiger charge is -2.23. The van der Waals surface area contributed by atoms with E-state index in [2.05, 4.69) is 36.0 Å². The predicted octanol–water partition coefficient (Wildman–Crippen LogP) is 4.18. The maximum atomic E-state index is 6.30. The molecule has 4 heteroatoms. The average Bonchev–Trinajstić information content (AvgIpc) is 2.55. The monoisotopic (exact) mass is 295 g/mol. The molecule has 0 saturated carbocycles. The summed E-state index contributed by atoms with van der Waals surface area (Å²) in [6.07, 6.45) is 3.82. The first kappa shape index (κ1) is 15.6. The van der Waals surface area contributed by atoms with Crippen LogP contribution in [0, 0.1) is 5.41 Å². The van der Waals surface area contributed by atoms with Crippen molar-refractivity contribution >= 4 is 17.4 Å². The molecule has 2 heterocycles. The van der Waals surface area contributed by atoms with Crippen LogP contribution < -0.4 is 5.32 Å². The second kappa shape index (κ2) is 6.77. The molecule has 0 radical (unpaired) electrons. The van der Waals surface area contributed by atoms with Crippen LogP contribution in [0.3, 0.4) is 0 Å². The highest BCUT2D eigenvalue weighted by Gasteiger charge is 2.23. The normalized spacial score (nSPS) is 19.6. The van der Waals surface area contributed by atoms with Crippen LogP contribution in [0.1, 0.15) is 45.7 Å². The Bertz CT molecular complexity index is 445. The number of hydrogen-bond acceptors (Lipinski definition) is 3. The molecule has 3 nitrogen and oxygen atoms in total. The van der Waals surface area contributed by atoms with Crippen LogP contribution in [0.4, 0.5) is 5.82 Å². The Kier molecular flexibility index (Phi) is 5.28. The summed E-state index contributed by atoms with van der Waals surface area (Å²) in [7, 11) is 0. The molecule has 1 aliphatic rings. The number of hydrogen-bond donors (Lipinski definition) is 1. The van der Waals surface area contributed by atoms with Crippen LogP contribution >= 0.6 is 11.6 Å². The summed E-state index contributed by atoms with van der Waals surface area (Å²) < 4.78 is 0. The highest BCUT2D eigenvalue weighted by molar-refractivity contribution is 6.31. The molecule has 1 aliphatic heterocycles. The van der Waals surface area contributed by atoms with Crippen molar-refractivity contribution in [1.82, 2.24) is 9.88 Å². The Hall–Kier alpha value is -0.800. The molecular weight excluding hydrogens is 270 g/mol. The first-order chi connectivity index (χ1) is 9.50. The third-order valence-electron chi connectivity index (χ3n) is 4.08. The Balaban J connectivity index is 2.03. The largest absolute Gasteiger partial charge is 0.370 e. The highest BCUT2D eigenvalue weighted by Crippen LogP contribution is 2.30. The van der Waals surface area contributed by atoms with Gasteiger partial charge in [-0.1, -0.05) is 25.4 Å². The Morgan fingerprint density at radius 1 is 1.30 bits per heavy atom. The van der Waals surface area contributed by atoms with E-state index in [0.29, 0.717) is 5.41 Å². The van der Waals surface area contributed by atoms with Gasteiger partial charge in [-0.3, -0.25) is 4.90 Å². The van der Waals surface area contributed by atoms with Gasteiger partial charge in [-0.2, -0.15) is 0 Å². The van der Waals surface area contributed by atoms with Gasteiger partial charge in [0.25, 0.3) is 0 Å². The van der Waals surface area contributed by atoms with E-state index in [-0.39, 0.29) is 0 Å². The summed E-state index contributed by atoms with van der Waals surface area (Å²) in [4.78, 5) is 7.12. The van der Waals surface area contributed by atoms with Gasteiger partial charge in [-0.15, -0.1) is 0 Å². The highest BCUT2D eigenvalue weighted by atomic mass is 35.5. The number of likely N-dealkylation sites (tertiary alicyclic amines) is 1. The molecule has 0 amide bonds. The number of nitrogens with zero attached hydrogens (tertiary/aromatic N) is 2. The van der Waals surface area contributed by atoms with Crippen LogP contribution in [0.15, 0.2) is 12.1 Å². The van der Waals surface area contributed by atoms with Crippen LogP contribution in [-0.4, -0.2) is 29.5 Å². The molecule has 1 fully saturated rings. The molecule has 2 rings (SSSR count). The zero-order chi connectivity index (χ0) is 14.6. The third-order valence-corrected chi connectivity index (χ3v) is 4.43. The van der Waals surface area contributed by atoms with E-state index in [4.69, 9.17) is 11.6 Å². The van der Waals surface area contributed by atoms with Crippen molar-refractivity contribution in [2.45, 2.75) is 46.6 Å². The third kappa shape index (κ3) is 4.35. The molecule has 0 atom stereocenters. The summed E-state index contributed by atoms with van der Waals surface area (Å²) in [6, 6.07) is 3.89. The van der Waals surface area contributed by atoms with Gasteiger partial charge in [0.1, 0.15) is 5.82 Å². The Morgan fingerprint density at radius 3 is 2.85 bits per heavy atom. The van der Waals surface area contributed by atoms with E-state index < -0.39 is 0 Å². The fraction of sp³-hybridized carbons (Fsp3) is 0.688. The Morgan fingerprint density at radius 2 is 2.10 bits per heavy atom. The van der Waals surface area contributed by atoms with Gasteiger partial charge < -0.3 is 5.32 Å². The summed E-state index contributed by atoms with van der Waals surface area (Å²) in [6.45, 7) is 10.8. The first-order valence-electron chi connectivity index (χ1n) is 7.62. The van der Waals surface area contributed by atoms with Gasteiger partial charge in [0.2, 0.25) is 0 Å². The zero-order valence-corrected chi connectivity index (χ0v) is 13.6. The van der Waals surface area contributed by atoms with E-state index in [1.54, 1.807) is 0 Å². The van der Waals surface area contributed by atoms with Crippen LogP contribution in [0.2, 0.25) is 5.02 Å². The van der Waals surface area contributed by atoms with Crippen molar-refractivity contribution in [2.75, 3.05) is 25.0 Å². The van der Waals surface area contributed by atoms with Crippen molar-refractivity contribution < 1.29 is 0 Å². The molecule has 112 valence electrons. The number of rotatable bonds is 4. The minimum absolute atomic E-state index is 0.470. The minimum atomic E-state index is 0.470. The van der Waals surface area contributed by atoms with Gasteiger partial charge in [0, 0.05) is 13.1 Å². The van der Waals surface area contributed by atoms with E-state index in [1.807, 2.05) is 12.1 Å². The van der Waals surface area contributed by atoms with Gasteiger partial charge in [-0.05, 0) is 56.8 Å². The van der Waals surface area contributed by atoms with Crippen molar-refractivity contribution in [1.29, 1.82) is 0 Å². The lowest BCUT2D eigenvalue weighted by molar-refractivity contribution is 0.253. The predicted molar refractivity (Wildman–Crippen MR) is 86.3 cm³/mol. The quantitative estimate of drug-likeness (QED) is 0.903. The number of pyridine rings is 1. The van der Waals surface area contributed by atoms with Gasteiger partial charge >= 0.3 is 0 Å². The summed E-state index contributed by atoms with van der Waals surface area (Å²) >= 11 is 6.30. The molecule has 1 saturated heterocycles. The van der Waals surface area contributed by atoms with Crippen LogP contribution in [0.5, 0.6) is 0 Å². The van der Waals surface area contributed by atoms with Crippen molar-refractivity contribution in [2.24, 2.45) is 5.41 Å². The van der Waals surface area contributed by atoms with Gasteiger partial charge in [0.15, 0.2) is 0 Å². The van der Waals surface area contributed by atoms with Crippen molar-refractivity contribution in [3.8, 4) is 0 Å². The second-order valence-electron chi connectivity index (χ2n) is 6.45. The maximum Gasteiger partial charge on any atom is 0.126 e. The average molecular weight is 296 g/mol. The fourth-order valence-electron chi connectivity index (χ4n) is 2.72. The number of aromatic nitrogens is 1. The molecule has 0 aromatic carbocycles. The molecule has 1 N–H and O–H groups in total. The van der Waals surface area contributed by atoms with Crippen LogP contribution in [0.25, 0.3) is 0 Å². The second-order valence-corrected chi connectivity index (χ2v) is 6.86. The topological polar surface area (TPSA) is 28.2 Å². The SMILES string of the molecule is CCNc1ccc(Cl)c(CN2CCCC(C)(C)CC2)n1. The first-order valence-corrected chi connectivity index (χ1v) is 7.99. The minimum Gasteiger partial charge on any atom is -0.370 e. The van der Waals surface area contributed by atoms with Crippen molar-refractivity contribution in [3.63, 3.8) is 0 Å². The van der Waals surface area contributed by atoms with E-state index >= 15 is 0 Å². The molecule has 20 heavy (non-hydrogen) atoms. The standard InChI is InChI=1S/C16H26ClN3/c1-4-18-15-7-6-13(17)14(19-15)12-20-10-5-8-16(2,3)9-11-20/h6-7H,4-5,8-12H2,1-3H3,(H,18,19). The molecule has 1 aromatic rings. The van der Waals surface area contributed by atoms with E-state index in [9.17, 15) is 0 Å². The molecular formula is C16H26ClN3. The number of nitrogens with one attached hydrogen (secondary N) is 1. The lowest BCUT2D eigenvalue weighted by atomic mass is 9.85. The van der Waals surface area contributed by atoms with Gasteiger partial charge in [-0.25, -0.2) is 4.98 Å². The summed E-state index contributed by atoms with van der Waals surface area (Å²) in [5.41, 5.74) is 1.46. The summed E-state index contributed by atoms with van der Waals surface area (Å²) in [5.74, 6) is 0.919. The molecule has 0 unspecified atom stereocenters. The fourth-order valence-corrected chi connectivity index (χ4v) is 2.89. The molecule has 0 aliphatic carbocycles. The number of halogens is 1. The summed E-state index contributed by atoms with van der Waals surface area (Å²) in [5, 5.41) is 4.02. The molecule has 0 spiro atoms. The van der Waals surface area contributed by atoms with Gasteiger partial charge in [0.05, 0.1) is 10.7 Å². The smallest absolute Gasteiger partial charge is 0.126 e. The maximum absolute atomic E-state index is 6.30. The van der Waals surface area contributed by atoms with E-state index in [0.717, 1.165) is 42.7 Å². The van der Waals surface area contributed by atoms with Crippen molar-refractivity contribution in [3.05, 3.63) is 22.8 Å². The zero-order valence-electron chi connectivity index (χ0n) is 12.9. The van der Waals surface area contributed by atoms with Crippen LogP contribution in [-0.2, 0) is 6.54 Å². The number of anilines is 1.